The molecule has 0 aliphatic heterocycles. The number of carbonyl (C=O) groups is 2. The van der Waals surface area contributed by atoms with Crippen molar-refractivity contribution in [2.45, 2.75) is 0 Å². The molecule has 0 amide bonds. The average molecular weight is 202 g/mol. The first-order valence-electron chi connectivity index (χ1n) is 2.44. The van der Waals surface area contributed by atoms with Crippen molar-refractivity contribution in [1.82, 2.24) is 0 Å². The molecule has 0 aromatic rings. The summed E-state index contributed by atoms with van der Waals surface area (Å²) >= 11 is 0. The van der Waals surface area contributed by atoms with E-state index >= 15 is 0 Å². The minimum absolute atomic E-state index is 0. The molecule has 0 aromatic heterocycles. The molecule has 6 N–H and O–H groups in total. The van der Waals surface area contributed by atoms with Gasteiger partial charge in [0.25, 0.3) is 0 Å². The van der Waals surface area contributed by atoms with E-state index in [-0.39, 0.29) is 53.8 Å². The van der Waals surface area contributed by atoms with Gasteiger partial charge in [0.1, 0.15) is 0 Å². The minimum atomic E-state index is -1.83. The predicted octanol–water partition coefficient (Wildman–Crippen LogP) is -6.35. The van der Waals surface area contributed by atoms with Gasteiger partial charge >= 0.3 is 50.0 Å². The van der Waals surface area contributed by atoms with E-state index in [0.717, 1.165) is 0 Å². The Morgan fingerprint density at radius 3 is 0.857 bits per heavy atom. The minimum Gasteiger partial charge on any atom is -1.00 e. The van der Waals surface area contributed by atoms with Gasteiger partial charge in [0, 0.05) is 0 Å². The zero-order valence-electron chi connectivity index (χ0n) is 9.91. The number of hydrogen-bond donors (Lipinski definition) is 6. The van der Waals surface area contributed by atoms with E-state index in [4.69, 9.17) is 40.2 Å². The molecule has 0 saturated carbocycles. The Morgan fingerprint density at radius 2 is 0.857 bits per heavy atom. The first-order valence-corrected chi connectivity index (χ1v) is 2.44. The zero-order valence-corrected chi connectivity index (χ0v) is 7.91. The Balaban J connectivity index is -0.0000000135. The van der Waals surface area contributed by atoms with Crippen LogP contribution in [0.25, 0.3) is 0 Å². The third-order valence-corrected chi connectivity index (χ3v) is 0.1000. The van der Waals surface area contributed by atoms with Crippen LogP contribution in [-0.4, -0.2) is 56.2 Å². The van der Waals surface area contributed by atoms with Crippen molar-refractivity contribution in [3.05, 3.63) is 0 Å². The molecule has 14 heavy (non-hydrogen) atoms. The first-order chi connectivity index (χ1) is 5.38. The SMILES string of the molecule is O=C(O)O.O=C(O)O.OCCO.[H-].[H-].[Li+].[Li+]. The van der Waals surface area contributed by atoms with Gasteiger partial charge in [-0.3, -0.25) is 0 Å². The molecule has 0 rings (SSSR count). The van der Waals surface area contributed by atoms with Crippen LogP contribution >= 0.6 is 0 Å². The molecule has 0 saturated heterocycles. The second-order valence-corrected chi connectivity index (χ2v) is 1.01. The molecule has 0 bridgehead atoms. The van der Waals surface area contributed by atoms with Crippen molar-refractivity contribution >= 4 is 12.3 Å². The molecular weight excluding hydrogens is 190 g/mol. The molecule has 0 fully saturated rings. The monoisotopic (exact) mass is 202 g/mol. The largest absolute Gasteiger partial charge is 1.00 e. The quantitative estimate of drug-likeness (QED) is 0.229. The maximum Gasteiger partial charge on any atom is 1.00 e. The second-order valence-electron chi connectivity index (χ2n) is 1.01. The van der Waals surface area contributed by atoms with Crippen LogP contribution in [0.3, 0.4) is 0 Å². The molecule has 0 radical (unpaired) electrons. The third-order valence-electron chi connectivity index (χ3n) is 0.1000. The summed E-state index contributed by atoms with van der Waals surface area (Å²) in [6.45, 7) is -0.250. The third kappa shape index (κ3) is 3090. The van der Waals surface area contributed by atoms with E-state index in [2.05, 4.69) is 0 Å². The summed E-state index contributed by atoms with van der Waals surface area (Å²) in [6, 6.07) is 0. The molecule has 0 aliphatic carbocycles. The van der Waals surface area contributed by atoms with E-state index in [1.54, 1.807) is 0 Å². The fourth-order valence-electron chi connectivity index (χ4n) is 0. The molecule has 10 heteroatoms. The van der Waals surface area contributed by atoms with Crippen molar-refractivity contribution < 1.29 is 80.8 Å². The fourth-order valence-corrected chi connectivity index (χ4v) is 0. The number of rotatable bonds is 1. The Morgan fingerprint density at radius 1 is 0.786 bits per heavy atom. The smallest absolute Gasteiger partial charge is 1.00 e. The van der Waals surface area contributed by atoms with Crippen molar-refractivity contribution in [1.29, 1.82) is 0 Å². The molecule has 0 spiro atoms. The van der Waals surface area contributed by atoms with Gasteiger partial charge < -0.3 is 33.5 Å². The normalized spacial score (nSPS) is 5.57. The van der Waals surface area contributed by atoms with Gasteiger partial charge in [-0.2, -0.15) is 0 Å². The summed E-state index contributed by atoms with van der Waals surface area (Å²) in [6.07, 6.45) is -3.67. The summed E-state index contributed by atoms with van der Waals surface area (Å²) in [5.74, 6) is 0. The Labute approximate surface area is 106 Å². The predicted molar refractivity (Wildman–Crippen MR) is 37.7 cm³/mol. The van der Waals surface area contributed by atoms with Crippen LogP contribution in [0.15, 0.2) is 0 Å². The maximum absolute atomic E-state index is 8.56. The van der Waals surface area contributed by atoms with Crippen LogP contribution in [0.1, 0.15) is 2.85 Å². The first kappa shape index (κ1) is 29.2. The van der Waals surface area contributed by atoms with Gasteiger partial charge in [-0.25, -0.2) is 9.59 Å². The van der Waals surface area contributed by atoms with Crippen LogP contribution < -0.4 is 37.7 Å². The van der Waals surface area contributed by atoms with Crippen LogP contribution in [0.4, 0.5) is 9.59 Å². The molecular formula is C4H12Li2O8. The maximum atomic E-state index is 8.56. The molecule has 78 valence electrons. The Bertz CT molecular complexity index is 105. The van der Waals surface area contributed by atoms with Crippen LogP contribution in [0.5, 0.6) is 0 Å². The van der Waals surface area contributed by atoms with Gasteiger partial charge in [0.05, 0.1) is 13.2 Å². The summed E-state index contributed by atoms with van der Waals surface area (Å²) < 4.78 is 0. The Kier molecular flexibility index (Phi) is 61.2. The number of hydrogen-bond acceptors (Lipinski definition) is 4. The summed E-state index contributed by atoms with van der Waals surface area (Å²) in [5.41, 5.74) is 0. The van der Waals surface area contributed by atoms with Gasteiger partial charge in [0.2, 0.25) is 0 Å². The molecule has 8 nitrogen and oxygen atoms in total. The molecule has 0 heterocycles. The van der Waals surface area contributed by atoms with E-state index in [9.17, 15) is 0 Å². The molecule has 0 aliphatic rings. The average Bonchev–Trinajstić information content (AvgIpc) is 1.85. The van der Waals surface area contributed by atoms with Gasteiger partial charge in [-0.1, -0.05) is 0 Å². The molecule has 0 aromatic carbocycles. The van der Waals surface area contributed by atoms with E-state index in [1.807, 2.05) is 0 Å². The number of aliphatic hydroxyl groups excluding tert-OH is 2. The summed E-state index contributed by atoms with van der Waals surface area (Å²) in [4.78, 5) is 17.1. The van der Waals surface area contributed by atoms with Crippen molar-refractivity contribution in [2.75, 3.05) is 13.2 Å². The summed E-state index contributed by atoms with van der Waals surface area (Å²) in [5, 5.41) is 43.1. The van der Waals surface area contributed by atoms with Gasteiger partial charge in [-0.15, -0.1) is 0 Å². The van der Waals surface area contributed by atoms with Crippen molar-refractivity contribution in [2.24, 2.45) is 0 Å². The van der Waals surface area contributed by atoms with E-state index in [0.29, 0.717) is 0 Å². The van der Waals surface area contributed by atoms with E-state index in [1.165, 1.54) is 0 Å². The standard InChI is InChI=1S/C2H6O2.2CH2O3.2Li.2H/c3-1-2-4;2*2-1(3)4;;;;/h3-4H,1-2H2;2*(H2,2,3,4);;;;/q;;;2*+1;2*-1. The Hall–Kier alpha value is -0.345. The van der Waals surface area contributed by atoms with E-state index < -0.39 is 12.3 Å². The van der Waals surface area contributed by atoms with Crippen LogP contribution in [-0.2, 0) is 0 Å². The van der Waals surface area contributed by atoms with Crippen LogP contribution in [0.2, 0.25) is 0 Å². The number of carboxylic acid groups (broad SMARTS) is 4. The van der Waals surface area contributed by atoms with Crippen LogP contribution in [0, 0.1) is 0 Å². The molecule has 0 atom stereocenters. The summed E-state index contributed by atoms with van der Waals surface area (Å²) in [7, 11) is 0. The molecule has 0 unspecified atom stereocenters. The van der Waals surface area contributed by atoms with Crippen molar-refractivity contribution in [3.63, 3.8) is 0 Å². The number of aliphatic hydroxyl groups is 2. The zero-order chi connectivity index (χ0) is 10.6. The fraction of sp³-hybridized carbons (Fsp3) is 0.500. The second kappa shape index (κ2) is 29.3. The van der Waals surface area contributed by atoms with Crippen molar-refractivity contribution in [3.8, 4) is 0 Å². The van der Waals surface area contributed by atoms with Gasteiger partial charge in [0.15, 0.2) is 0 Å². The topological polar surface area (TPSA) is 156 Å². The van der Waals surface area contributed by atoms with Gasteiger partial charge in [-0.05, 0) is 0 Å².